The minimum absolute atomic E-state index is 0.0692. The van der Waals surface area contributed by atoms with Gasteiger partial charge in [-0.25, -0.2) is 0 Å². The van der Waals surface area contributed by atoms with Crippen LogP contribution < -0.4 is 0 Å². The van der Waals surface area contributed by atoms with E-state index >= 15 is 0 Å². The highest BCUT2D eigenvalue weighted by Gasteiger charge is 2.31. The SMILES string of the molecule is CCOC(CC)C(=O)N1CCCC(C(=O)O)C1. The van der Waals surface area contributed by atoms with Gasteiger partial charge in [-0.15, -0.1) is 0 Å². The standard InChI is InChI=1S/C12H21NO4/c1-3-10(17-4-2)11(14)13-7-5-6-9(8-13)12(15)16/h9-10H,3-8H2,1-2H3,(H,15,16). The van der Waals surface area contributed by atoms with Crippen molar-refractivity contribution >= 4 is 11.9 Å². The van der Waals surface area contributed by atoms with Gasteiger partial charge in [0.2, 0.25) is 0 Å². The first-order valence-electron chi connectivity index (χ1n) is 6.23. The predicted octanol–water partition coefficient (Wildman–Crippen LogP) is 1.12. The normalized spacial score (nSPS) is 22.2. The van der Waals surface area contributed by atoms with Gasteiger partial charge in [-0.3, -0.25) is 9.59 Å². The van der Waals surface area contributed by atoms with Crippen LogP contribution in [0.15, 0.2) is 0 Å². The molecule has 98 valence electrons. The average Bonchev–Trinajstić information content (AvgIpc) is 2.35. The Balaban J connectivity index is 2.58. The summed E-state index contributed by atoms with van der Waals surface area (Å²) in [6.07, 6.45) is 1.61. The summed E-state index contributed by atoms with van der Waals surface area (Å²) in [7, 11) is 0. The lowest BCUT2D eigenvalue weighted by Gasteiger charge is -2.33. The molecule has 0 spiro atoms. The second-order valence-corrected chi connectivity index (χ2v) is 4.31. The third kappa shape index (κ3) is 3.70. The summed E-state index contributed by atoms with van der Waals surface area (Å²) in [5.41, 5.74) is 0. The lowest BCUT2D eigenvalue weighted by atomic mass is 9.98. The molecule has 1 aliphatic heterocycles. The molecule has 1 N–H and O–H groups in total. The van der Waals surface area contributed by atoms with E-state index in [1.54, 1.807) is 4.90 Å². The monoisotopic (exact) mass is 243 g/mol. The summed E-state index contributed by atoms with van der Waals surface area (Å²) >= 11 is 0. The Kier molecular flexibility index (Phi) is 5.41. The molecule has 2 atom stereocenters. The lowest BCUT2D eigenvalue weighted by molar-refractivity contribution is -0.150. The highest BCUT2D eigenvalue weighted by molar-refractivity contribution is 5.82. The average molecular weight is 243 g/mol. The van der Waals surface area contributed by atoms with Crippen LogP contribution in [0.25, 0.3) is 0 Å². The molecule has 5 nitrogen and oxygen atoms in total. The van der Waals surface area contributed by atoms with E-state index in [-0.39, 0.29) is 5.91 Å². The molecular formula is C12H21NO4. The number of carbonyl (C=O) groups is 2. The van der Waals surface area contributed by atoms with Gasteiger partial charge in [-0.2, -0.15) is 0 Å². The van der Waals surface area contributed by atoms with Crippen molar-refractivity contribution in [3.63, 3.8) is 0 Å². The highest BCUT2D eigenvalue weighted by atomic mass is 16.5. The Hall–Kier alpha value is -1.10. The molecule has 1 amide bonds. The fourth-order valence-electron chi connectivity index (χ4n) is 2.15. The number of ether oxygens (including phenoxy) is 1. The quantitative estimate of drug-likeness (QED) is 0.786. The van der Waals surface area contributed by atoms with Gasteiger partial charge in [-0.1, -0.05) is 6.92 Å². The first-order chi connectivity index (χ1) is 8.10. The summed E-state index contributed by atoms with van der Waals surface area (Å²) in [4.78, 5) is 24.6. The highest BCUT2D eigenvalue weighted by Crippen LogP contribution is 2.18. The Labute approximate surface area is 102 Å². The maximum absolute atomic E-state index is 12.1. The van der Waals surface area contributed by atoms with E-state index in [9.17, 15) is 9.59 Å². The van der Waals surface area contributed by atoms with Crippen molar-refractivity contribution in [1.29, 1.82) is 0 Å². The van der Waals surface area contributed by atoms with Gasteiger partial charge in [0, 0.05) is 19.7 Å². The van der Waals surface area contributed by atoms with Gasteiger partial charge in [0.25, 0.3) is 5.91 Å². The van der Waals surface area contributed by atoms with E-state index < -0.39 is 18.0 Å². The van der Waals surface area contributed by atoms with Gasteiger partial charge in [0.1, 0.15) is 6.10 Å². The van der Waals surface area contributed by atoms with Crippen LogP contribution >= 0.6 is 0 Å². The zero-order valence-corrected chi connectivity index (χ0v) is 10.5. The van der Waals surface area contributed by atoms with Crippen LogP contribution in [0, 0.1) is 5.92 Å². The van der Waals surface area contributed by atoms with E-state index in [1.807, 2.05) is 13.8 Å². The van der Waals surface area contributed by atoms with Gasteiger partial charge in [-0.05, 0) is 26.2 Å². The summed E-state index contributed by atoms with van der Waals surface area (Å²) in [5, 5.41) is 8.97. The summed E-state index contributed by atoms with van der Waals surface area (Å²) in [6, 6.07) is 0. The molecule has 1 rings (SSSR count). The fraction of sp³-hybridized carbons (Fsp3) is 0.833. The van der Waals surface area contributed by atoms with Crippen molar-refractivity contribution in [2.75, 3.05) is 19.7 Å². The van der Waals surface area contributed by atoms with Crippen LogP contribution in [0.3, 0.4) is 0 Å². The van der Waals surface area contributed by atoms with E-state index in [0.717, 1.165) is 6.42 Å². The second kappa shape index (κ2) is 6.59. The predicted molar refractivity (Wildman–Crippen MR) is 62.6 cm³/mol. The first-order valence-corrected chi connectivity index (χ1v) is 6.23. The minimum Gasteiger partial charge on any atom is -0.481 e. The van der Waals surface area contributed by atoms with Crippen LogP contribution in [-0.2, 0) is 14.3 Å². The molecule has 0 aromatic rings. The third-order valence-corrected chi connectivity index (χ3v) is 3.10. The third-order valence-electron chi connectivity index (χ3n) is 3.10. The number of hydrogen-bond acceptors (Lipinski definition) is 3. The second-order valence-electron chi connectivity index (χ2n) is 4.31. The largest absolute Gasteiger partial charge is 0.481 e. The van der Waals surface area contributed by atoms with E-state index in [1.165, 1.54) is 0 Å². The van der Waals surface area contributed by atoms with Crippen molar-refractivity contribution in [2.45, 2.75) is 39.2 Å². The van der Waals surface area contributed by atoms with Gasteiger partial charge in [0.05, 0.1) is 5.92 Å². The molecule has 0 aromatic carbocycles. The molecule has 17 heavy (non-hydrogen) atoms. The van der Waals surface area contributed by atoms with Crippen LogP contribution in [0.1, 0.15) is 33.1 Å². The smallest absolute Gasteiger partial charge is 0.308 e. The van der Waals surface area contributed by atoms with Crippen LogP contribution in [0.4, 0.5) is 0 Å². The number of amides is 1. The van der Waals surface area contributed by atoms with Gasteiger partial charge >= 0.3 is 5.97 Å². The molecule has 0 aliphatic carbocycles. The zero-order chi connectivity index (χ0) is 12.8. The van der Waals surface area contributed by atoms with Crippen LogP contribution in [0.2, 0.25) is 0 Å². The maximum atomic E-state index is 12.1. The summed E-state index contributed by atoms with van der Waals surface area (Å²) < 4.78 is 5.36. The maximum Gasteiger partial charge on any atom is 0.308 e. The Morgan fingerprint density at radius 1 is 1.47 bits per heavy atom. The number of carbonyl (C=O) groups excluding carboxylic acids is 1. The van der Waals surface area contributed by atoms with Crippen molar-refractivity contribution in [1.82, 2.24) is 4.90 Å². The van der Waals surface area contributed by atoms with Crippen molar-refractivity contribution in [2.24, 2.45) is 5.92 Å². The molecule has 0 saturated carbocycles. The van der Waals surface area contributed by atoms with Crippen LogP contribution in [-0.4, -0.2) is 47.7 Å². The molecular weight excluding hydrogens is 222 g/mol. The number of likely N-dealkylation sites (tertiary alicyclic amines) is 1. The number of hydrogen-bond donors (Lipinski definition) is 1. The number of carboxylic acid groups (broad SMARTS) is 1. The first kappa shape index (κ1) is 14.0. The van der Waals surface area contributed by atoms with Crippen molar-refractivity contribution in [3.8, 4) is 0 Å². The van der Waals surface area contributed by atoms with Crippen molar-refractivity contribution < 1.29 is 19.4 Å². The minimum atomic E-state index is -0.813. The van der Waals surface area contributed by atoms with E-state index in [2.05, 4.69) is 0 Å². The zero-order valence-electron chi connectivity index (χ0n) is 10.5. The van der Waals surface area contributed by atoms with Gasteiger partial charge in [0.15, 0.2) is 0 Å². The van der Waals surface area contributed by atoms with E-state index in [0.29, 0.717) is 32.5 Å². The number of aliphatic carboxylic acids is 1. The molecule has 1 aliphatic rings. The molecule has 1 saturated heterocycles. The van der Waals surface area contributed by atoms with Crippen molar-refractivity contribution in [3.05, 3.63) is 0 Å². The fourth-order valence-corrected chi connectivity index (χ4v) is 2.15. The summed E-state index contributed by atoms with van der Waals surface area (Å²) in [6.45, 7) is 5.22. The van der Waals surface area contributed by atoms with Crippen LogP contribution in [0.5, 0.6) is 0 Å². The molecule has 2 unspecified atom stereocenters. The number of piperidine rings is 1. The number of carboxylic acids is 1. The summed E-state index contributed by atoms with van der Waals surface area (Å²) in [5.74, 6) is -1.31. The molecule has 0 bridgehead atoms. The van der Waals surface area contributed by atoms with E-state index in [4.69, 9.17) is 9.84 Å². The molecule has 5 heteroatoms. The number of nitrogens with zero attached hydrogens (tertiary/aromatic N) is 1. The lowest BCUT2D eigenvalue weighted by Crippen LogP contribution is -2.47. The Bertz CT molecular complexity index is 280. The molecule has 0 aromatic heterocycles. The molecule has 0 radical (unpaired) electrons. The Morgan fingerprint density at radius 2 is 2.18 bits per heavy atom. The topological polar surface area (TPSA) is 66.8 Å². The Morgan fingerprint density at radius 3 is 2.71 bits per heavy atom. The van der Waals surface area contributed by atoms with Gasteiger partial charge < -0.3 is 14.7 Å². The number of rotatable bonds is 5. The molecule has 1 heterocycles. The molecule has 1 fully saturated rings.